The van der Waals surface area contributed by atoms with Gasteiger partial charge in [-0.05, 0) is 19.9 Å². The summed E-state index contributed by atoms with van der Waals surface area (Å²) in [5, 5.41) is 2.35. The standard InChI is InChI=1S/C15H15NO6/c1-8-13(22-10(3)19)11(4-5-16-6-17)12(9(2)18)15-14(8)20-7-21-15/h4-6H,7H2,1-3H3,(H,16,17). The molecule has 1 N–H and O–H groups in total. The normalized spacial score (nSPS) is 12.3. The van der Waals surface area contributed by atoms with Gasteiger partial charge in [-0.15, -0.1) is 0 Å². The van der Waals surface area contributed by atoms with Crippen molar-refractivity contribution in [3.8, 4) is 17.2 Å². The minimum Gasteiger partial charge on any atom is -0.453 e. The number of hydrogen-bond donors (Lipinski definition) is 1. The Morgan fingerprint density at radius 3 is 2.50 bits per heavy atom. The van der Waals surface area contributed by atoms with Crippen LogP contribution in [0, 0.1) is 6.92 Å². The summed E-state index contributed by atoms with van der Waals surface area (Å²) in [6.45, 7) is 4.30. The maximum absolute atomic E-state index is 12.0. The molecule has 0 atom stereocenters. The number of nitrogens with one attached hydrogen (secondary N) is 1. The van der Waals surface area contributed by atoms with Gasteiger partial charge in [0, 0.05) is 24.3 Å². The van der Waals surface area contributed by atoms with Crippen molar-refractivity contribution in [2.45, 2.75) is 20.8 Å². The van der Waals surface area contributed by atoms with Gasteiger partial charge in [-0.1, -0.05) is 0 Å². The smallest absolute Gasteiger partial charge is 0.308 e. The minimum absolute atomic E-state index is 0.0181. The maximum Gasteiger partial charge on any atom is 0.308 e. The topological polar surface area (TPSA) is 90.9 Å². The fourth-order valence-corrected chi connectivity index (χ4v) is 2.24. The third-order valence-corrected chi connectivity index (χ3v) is 3.05. The van der Waals surface area contributed by atoms with E-state index in [0.717, 1.165) is 0 Å². The summed E-state index contributed by atoms with van der Waals surface area (Å²) in [4.78, 5) is 33.7. The number of ether oxygens (including phenoxy) is 3. The van der Waals surface area contributed by atoms with E-state index in [1.165, 1.54) is 26.1 Å². The fourth-order valence-electron chi connectivity index (χ4n) is 2.24. The molecule has 1 aliphatic rings. The number of carbonyl (C=O) groups is 3. The third-order valence-electron chi connectivity index (χ3n) is 3.05. The van der Waals surface area contributed by atoms with Gasteiger partial charge in [0.05, 0.1) is 5.56 Å². The Labute approximate surface area is 126 Å². The van der Waals surface area contributed by atoms with E-state index in [-0.39, 0.29) is 23.9 Å². The largest absolute Gasteiger partial charge is 0.453 e. The summed E-state index contributed by atoms with van der Waals surface area (Å²) in [6.07, 6.45) is 3.29. The first-order valence-corrected chi connectivity index (χ1v) is 6.49. The van der Waals surface area contributed by atoms with Crippen molar-refractivity contribution in [2.75, 3.05) is 6.79 Å². The zero-order chi connectivity index (χ0) is 16.3. The highest BCUT2D eigenvalue weighted by molar-refractivity contribution is 6.03. The van der Waals surface area contributed by atoms with E-state index in [4.69, 9.17) is 14.2 Å². The quantitative estimate of drug-likeness (QED) is 0.384. The molecule has 0 aliphatic carbocycles. The molecular weight excluding hydrogens is 290 g/mol. The molecular formula is C15H15NO6. The Bertz CT molecular complexity index is 677. The predicted octanol–water partition coefficient (Wildman–Crippen LogP) is 1.57. The molecule has 1 heterocycles. The molecule has 0 saturated heterocycles. The number of Topliss-reactive ketones (excluding diaryl/α,β-unsaturated/α-hetero) is 1. The van der Waals surface area contributed by atoms with Crippen molar-refractivity contribution >= 4 is 24.2 Å². The van der Waals surface area contributed by atoms with Gasteiger partial charge in [0.25, 0.3) is 0 Å². The Kier molecular flexibility index (Phi) is 4.45. The van der Waals surface area contributed by atoms with Crippen molar-refractivity contribution in [1.82, 2.24) is 5.32 Å². The Hall–Kier alpha value is -2.83. The van der Waals surface area contributed by atoms with Gasteiger partial charge in [0.2, 0.25) is 13.2 Å². The van der Waals surface area contributed by atoms with E-state index >= 15 is 0 Å². The lowest BCUT2D eigenvalue weighted by atomic mass is 9.97. The lowest BCUT2D eigenvalue weighted by Crippen LogP contribution is -2.09. The second-order valence-electron chi connectivity index (χ2n) is 4.58. The summed E-state index contributed by atoms with van der Waals surface area (Å²) < 4.78 is 16.0. The van der Waals surface area contributed by atoms with Gasteiger partial charge >= 0.3 is 5.97 Å². The van der Waals surface area contributed by atoms with Crippen molar-refractivity contribution in [3.05, 3.63) is 22.9 Å². The van der Waals surface area contributed by atoms with Crippen LogP contribution in [0.4, 0.5) is 0 Å². The van der Waals surface area contributed by atoms with Gasteiger partial charge < -0.3 is 19.5 Å². The molecule has 1 amide bonds. The van der Waals surface area contributed by atoms with E-state index < -0.39 is 5.97 Å². The van der Waals surface area contributed by atoms with Crippen LogP contribution in [0.1, 0.15) is 35.3 Å². The second-order valence-corrected chi connectivity index (χ2v) is 4.58. The molecule has 1 aromatic carbocycles. The number of rotatable bonds is 5. The van der Waals surface area contributed by atoms with Gasteiger partial charge in [0.15, 0.2) is 17.3 Å². The lowest BCUT2D eigenvalue weighted by Gasteiger charge is -2.15. The number of carbonyl (C=O) groups excluding carboxylic acids is 3. The molecule has 0 spiro atoms. The lowest BCUT2D eigenvalue weighted by molar-refractivity contribution is -0.132. The summed E-state index contributed by atoms with van der Waals surface area (Å²) in [5.74, 6) is 0.0786. The first-order chi connectivity index (χ1) is 10.5. The van der Waals surface area contributed by atoms with E-state index in [2.05, 4.69) is 5.32 Å². The van der Waals surface area contributed by atoms with Crippen LogP contribution in [-0.2, 0) is 9.59 Å². The maximum atomic E-state index is 12.0. The SMILES string of the molecule is CC(=O)Oc1c(C)c2c(c(C(C)=O)c1C=CNC=O)OCO2. The van der Waals surface area contributed by atoms with Crippen molar-refractivity contribution in [1.29, 1.82) is 0 Å². The molecule has 7 heteroatoms. The third kappa shape index (κ3) is 2.78. The average Bonchev–Trinajstić information content (AvgIpc) is 2.91. The molecule has 0 saturated carbocycles. The number of fused-ring (bicyclic) bond motifs is 1. The highest BCUT2D eigenvalue weighted by atomic mass is 16.7. The van der Waals surface area contributed by atoms with Gasteiger partial charge in [0.1, 0.15) is 5.75 Å². The van der Waals surface area contributed by atoms with Crippen LogP contribution < -0.4 is 19.5 Å². The molecule has 0 fully saturated rings. The van der Waals surface area contributed by atoms with Crippen LogP contribution >= 0.6 is 0 Å². The van der Waals surface area contributed by atoms with E-state index in [1.54, 1.807) is 6.92 Å². The van der Waals surface area contributed by atoms with Crippen LogP contribution in [0.15, 0.2) is 6.20 Å². The minimum atomic E-state index is -0.533. The van der Waals surface area contributed by atoms with Crippen molar-refractivity contribution < 1.29 is 28.6 Å². The van der Waals surface area contributed by atoms with Gasteiger partial charge in [-0.25, -0.2) is 0 Å². The number of hydrogen-bond acceptors (Lipinski definition) is 6. The average molecular weight is 305 g/mol. The monoisotopic (exact) mass is 305 g/mol. The molecule has 1 aromatic rings. The Morgan fingerprint density at radius 1 is 1.23 bits per heavy atom. The molecule has 7 nitrogen and oxygen atoms in total. The van der Waals surface area contributed by atoms with E-state index in [1.807, 2.05) is 0 Å². The zero-order valence-corrected chi connectivity index (χ0v) is 12.4. The molecule has 0 unspecified atom stereocenters. The second kappa shape index (κ2) is 6.30. The van der Waals surface area contributed by atoms with Crippen molar-refractivity contribution in [2.24, 2.45) is 0 Å². The van der Waals surface area contributed by atoms with Gasteiger partial charge in [-0.3, -0.25) is 14.4 Å². The molecule has 0 bridgehead atoms. The molecule has 116 valence electrons. The van der Waals surface area contributed by atoms with Crippen LogP contribution in [0.5, 0.6) is 17.2 Å². The fraction of sp³-hybridized carbons (Fsp3) is 0.267. The first-order valence-electron chi connectivity index (χ1n) is 6.49. The highest BCUT2D eigenvalue weighted by Gasteiger charge is 2.30. The molecule has 2 rings (SSSR count). The molecule has 0 aromatic heterocycles. The van der Waals surface area contributed by atoms with Crippen molar-refractivity contribution in [3.63, 3.8) is 0 Å². The number of ketones is 1. The molecule has 1 aliphatic heterocycles. The molecule has 0 radical (unpaired) electrons. The Morgan fingerprint density at radius 2 is 1.91 bits per heavy atom. The highest BCUT2D eigenvalue weighted by Crippen LogP contribution is 2.47. The van der Waals surface area contributed by atoms with E-state index in [0.29, 0.717) is 29.0 Å². The predicted molar refractivity (Wildman–Crippen MR) is 76.8 cm³/mol. The molecule has 22 heavy (non-hydrogen) atoms. The Balaban J connectivity index is 2.74. The summed E-state index contributed by atoms with van der Waals surface area (Å²) in [7, 11) is 0. The van der Waals surface area contributed by atoms with Gasteiger partial charge in [-0.2, -0.15) is 0 Å². The summed E-state index contributed by atoms with van der Waals surface area (Å²) in [5.41, 5.74) is 1.12. The first kappa shape index (κ1) is 15.6. The van der Waals surface area contributed by atoms with Crippen LogP contribution in [0.2, 0.25) is 0 Å². The number of benzene rings is 1. The number of esters is 1. The van der Waals surface area contributed by atoms with Crippen LogP contribution in [0.3, 0.4) is 0 Å². The summed E-state index contributed by atoms with van der Waals surface area (Å²) >= 11 is 0. The summed E-state index contributed by atoms with van der Waals surface area (Å²) in [6, 6.07) is 0. The van der Waals surface area contributed by atoms with E-state index in [9.17, 15) is 14.4 Å². The van der Waals surface area contributed by atoms with Crippen LogP contribution in [-0.4, -0.2) is 25.0 Å². The number of amides is 1. The zero-order valence-electron chi connectivity index (χ0n) is 12.4. The van der Waals surface area contributed by atoms with Crippen LogP contribution in [0.25, 0.3) is 6.08 Å².